The number of amides is 2. The number of fused-ring (bicyclic) bond motifs is 1. The third-order valence-corrected chi connectivity index (χ3v) is 8.46. The maximum Gasteiger partial charge on any atom is 0.244 e. The summed E-state index contributed by atoms with van der Waals surface area (Å²) in [5, 5.41) is 4.98. The SMILES string of the molecule is CC(C)CNC(=O)[C@H](Cc1ccccc1)N(Cc1ccccc1Cl)C(=O)CN(c1cccc2ccccc12)S(C)(=O)=O. The Balaban J connectivity index is 1.78. The highest BCUT2D eigenvalue weighted by Gasteiger charge is 2.33. The Morgan fingerprint density at radius 2 is 1.50 bits per heavy atom. The van der Waals surface area contributed by atoms with Crippen molar-refractivity contribution in [3.63, 3.8) is 0 Å². The molecule has 0 aromatic heterocycles. The van der Waals surface area contributed by atoms with Crippen LogP contribution in [-0.2, 0) is 32.6 Å². The molecule has 2 amide bonds. The average molecular weight is 606 g/mol. The predicted molar refractivity (Wildman–Crippen MR) is 170 cm³/mol. The summed E-state index contributed by atoms with van der Waals surface area (Å²) in [6.07, 6.45) is 1.32. The molecule has 4 rings (SSSR count). The lowest BCUT2D eigenvalue weighted by Gasteiger charge is -2.34. The van der Waals surface area contributed by atoms with Gasteiger partial charge >= 0.3 is 0 Å². The Hall–Kier alpha value is -3.88. The van der Waals surface area contributed by atoms with Crippen LogP contribution in [0.25, 0.3) is 10.8 Å². The second-order valence-corrected chi connectivity index (χ2v) is 13.0. The highest BCUT2D eigenvalue weighted by Crippen LogP contribution is 2.29. The van der Waals surface area contributed by atoms with Gasteiger partial charge < -0.3 is 10.2 Å². The number of nitrogens with zero attached hydrogens (tertiary/aromatic N) is 2. The first-order chi connectivity index (χ1) is 20.0. The molecule has 7 nitrogen and oxygen atoms in total. The van der Waals surface area contributed by atoms with E-state index < -0.39 is 28.5 Å². The standard InChI is InChI=1S/C33H36ClN3O4S/c1-24(2)21-35-33(39)31(20-25-12-5-4-6-13-25)36(22-27-15-8-10-18-29(27)34)32(38)23-37(42(3,40)41)30-19-11-16-26-14-7-9-17-28(26)30/h4-19,24,31H,20-23H2,1-3H3,(H,35,39)/t31-/m0/s1. The zero-order chi connectivity index (χ0) is 30.3. The van der Waals surface area contributed by atoms with E-state index in [1.807, 2.05) is 80.6 Å². The molecule has 0 spiro atoms. The first-order valence-electron chi connectivity index (χ1n) is 13.8. The molecule has 0 saturated heterocycles. The Labute approximate surface area is 253 Å². The number of rotatable bonds is 12. The minimum atomic E-state index is -3.89. The summed E-state index contributed by atoms with van der Waals surface area (Å²) < 4.78 is 27.5. The Kier molecular flexibility index (Phi) is 10.2. The Morgan fingerprint density at radius 1 is 0.857 bits per heavy atom. The zero-order valence-electron chi connectivity index (χ0n) is 24.0. The van der Waals surface area contributed by atoms with E-state index in [0.717, 1.165) is 21.5 Å². The van der Waals surface area contributed by atoms with Gasteiger partial charge in [-0.05, 0) is 34.6 Å². The van der Waals surface area contributed by atoms with Gasteiger partial charge in [-0.15, -0.1) is 0 Å². The molecule has 9 heteroatoms. The number of sulfonamides is 1. The summed E-state index contributed by atoms with van der Waals surface area (Å²) in [6, 6.07) is 28.4. The molecule has 0 bridgehead atoms. The van der Waals surface area contributed by atoms with Gasteiger partial charge in [-0.3, -0.25) is 13.9 Å². The molecule has 0 aliphatic carbocycles. The van der Waals surface area contributed by atoms with Gasteiger partial charge in [-0.2, -0.15) is 0 Å². The highest BCUT2D eigenvalue weighted by atomic mass is 35.5. The lowest BCUT2D eigenvalue weighted by molar-refractivity contribution is -0.140. The number of carbonyl (C=O) groups is 2. The minimum Gasteiger partial charge on any atom is -0.354 e. The molecule has 42 heavy (non-hydrogen) atoms. The number of hydrogen-bond donors (Lipinski definition) is 1. The second kappa shape index (κ2) is 13.9. The van der Waals surface area contributed by atoms with Crippen LogP contribution in [0, 0.1) is 5.92 Å². The van der Waals surface area contributed by atoms with Gasteiger partial charge in [0.25, 0.3) is 0 Å². The van der Waals surface area contributed by atoms with Crippen molar-refractivity contribution in [2.45, 2.75) is 32.9 Å². The van der Waals surface area contributed by atoms with Crippen molar-refractivity contribution < 1.29 is 18.0 Å². The molecule has 1 N–H and O–H groups in total. The largest absolute Gasteiger partial charge is 0.354 e. The molecule has 0 heterocycles. The van der Waals surface area contributed by atoms with Gasteiger partial charge in [-0.25, -0.2) is 8.42 Å². The van der Waals surface area contributed by atoms with Crippen molar-refractivity contribution in [2.75, 3.05) is 23.7 Å². The van der Waals surface area contributed by atoms with Crippen LogP contribution in [0.15, 0.2) is 97.1 Å². The van der Waals surface area contributed by atoms with Crippen LogP contribution in [0.2, 0.25) is 5.02 Å². The van der Waals surface area contributed by atoms with E-state index >= 15 is 0 Å². The highest BCUT2D eigenvalue weighted by molar-refractivity contribution is 7.92. The van der Waals surface area contributed by atoms with Crippen molar-refractivity contribution in [2.24, 2.45) is 5.92 Å². The van der Waals surface area contributed by atoms with E-state index in [9.17, 15) is 18.0 Å². The normalized spacial score (nSPS) is 12.2. The molecular weight excluding hydrogens is 570 g/mol. The van der Waals surface area contributed by atoms with Gasteiger partial charge in [0, 0.05) is 29.9 Å². The topological polar surface area (TPSA) is 86.8 Å². The summed E-state index contributed by atoms with van der Waals surface area (Å²) in [7, 11) is -3.89. The van der Waals surface area contributed by atoms with Gasteiger partial charge in [0.1, 0.15) is 12.6 Å². The molecule has 0 saturated carbocycles. The molecule has 0 fully saturated rings. The number of nitrogens with one attached hydrogen (secondary N) is 1. The van der Waals surface area contributed by atoms with Crippen LogP contribution in [0.4, 0.5) is 5.69 Å². The molecule has 4 aromatic rings. The molecular formula is C33H36ClN3O4S. The van der Waals surface area contributed by atoms with Gasteiger partial charge in [0.15, 0.2) is 0 Å². The van der Waals surface area contributed by atoms with Crippen LogP contribution in [0.5, 0.6) is 0 Å². The second-order valence-electron chi connectivity index (χ2n) is 10.7. The van der Waals surface area contributed by atoms with Crippen molar-refractivity contribution in [1.29, 1.82) is 0 Å². The molecule has 0 aliphatic heterocycles. The van der Waals surface area contributed by atoms with E-state index in [2.05, 4.69) is 5.32 Å². The molecule has 0 radical (unpaired) electrons. The third kappa shape index (κ3) is 7.89. The number of hydrogen-bond acceptors (Lipinski definition) is 4. The van der Waals surface area contributed by atoms with E-state index in [-0.39, 0.29) is 24.8 Å². The maximum atomic E-state index is 14.3. The quantitative estimate of drug-likeness (QED) is 0.225. The van der Waals surface area contributed by atoms with E-state index in [0.29, 0.717) is 28.2 Å². The Morgan fingerprint density at radius 3 is 2.19 bits per heavy atom. The van der Waals surface area contributed by atoms with Crippen LogP contribution in [0.1, 0.15) is 25.0 Å². The fraction of sp³-hybridized carbons (Fsp3) is 0.273. The fourth-order valence-corrected chi connectivity index (χ4v) is 5.86. The first kappa shape index (κ1) is 31.1. The summed E-state index contributed by atoms with van der Waals surface area (Å²) in [6.45, 7) is 3.96. The number of carbonyl (C=O) groups excluding carboxylic acids is 2. The lowest BCUT2D eigenvalue weighted by Crippen LogP contribution is -2.53. The minimum absolute atomic E-state index is 0.0260. The molecule has 0 unspecified atom stereocenters. The summed E-state index contributed by atoms with van der Waals surface area (Å²) in [5.74, 6) is -0.635. The van der Waals surface area contributed by atoms with Gasteiger partial charge in [0.05, 0.1) is 11.9 Å². The number of anilines is 1. The fourth-order valence-electron chi connectivity index (χ4n) is 4.81. The van der Waals surface area contributed by atoms with Gasteiger partial charge in [0.2, 0.25) is 21.8 Å². The molecule has 1 atom stereocenters. The van der Waals surface area contributed by atoms with Crippen molar-refractivity contribution >= 4 is 49.9 Å². The molecule has 0 aliphatic rings. The van der Waals surface area contributed by atoms with E-state index in [1.54, 1.807) is 30.3 Å². The Bertz CT molecular complexity index is 1640. The first-order valence-corrected chi connectivity index (χ1v) is 16.1. The summed E-state index contributed by atoms with van der Waals surface area (Å²) in [4.78, 5) is 29.5. The van der Waals surface area contributed by atoms with Crippen LogP contribution < -0.4 is 9.62 Å². The van der Waals surface area contributed by atoms with Crippen molar-refractivity contribution in [3.05, 3.63) is 113 Å². The summed E-state index contributed by atoms with van der Waals surface area (Å²) in [5.41, 5.74) is 1.91. The van der Waals surface area contributed by atoms with Crippen molar-refractivity contribution in [3.8, 4) is 0 Å². The average Bonchev–Trinajstić information content (AvgIpc) is 2.97. The molecule has 220 valence electrons. The maximum absolute atomic E-state index is 14.3. The smallest absolute Gasteiger partial charge is 0.244 e. The van der Waals surface area contributed by atoms with Crippen LogP contribution in [0.3, 0.4) is 0 Å². The van der Waals surface area contributed by atoms with Crippen molar-refractivity contribution in [1.82, 2.24) is 10.2 Å². The predicted octanol–water partition coefficient (Wildman–Crippen LogP) is 5.67. The van der Waals surface area contributed by atoms with E-state index in [4.69, 9.17) is 11.6 Å². The number of benzene rings is 4. The van der Waals surface area contributed by atoms with Crippen LogP contribution in [-0.4, -0.2) is 50.5 Å². The molecule has 4 aromatic carbocycles. The lowest BCUT2D eigenvalue weighted by atomic mass is 10.0. The summed E-state index contributed by atoms with van der Waals surface area (Å²) >= 11 is 6.51. The number of halogens is 1. The van der Waals surface area contributed by atoms with Gasteiger partial charge in [-0.1, -0.05) is 110 Å². The van der Waals surface area contributed by atoms with E-state index in [1.165, 1.54) is 4.90 Å². The van der Waals surface area contributed by atoms with Crippen LogP contribution >= 0.6 is 11.6 Å². The third-order valence-electron chi connectivity index (χ3n) is 6.97. The zero-order valence-corrected chi connectivity index (χ0v) is 25.6. The monoisotopic (exact) mass is 605 g/mol.